The average Bonchev–Trinajstić information content (AvgIpc) is 3.45. The number of nitrogens with one attached hydrogen (secondary N) is 2. The largest absolute Gasteiger partial charge is 0.698 e. The molecule has 0 aromatic rings. The van der Waals surface area contributed by atoms with E-state index in [1.54, 1.807) is 0 Å². The summed E-state index contributed by atoms with van der Waals surface area (Å²) in [6.45, 7) is 8.50. The molecule has 1 aliphatic rings. The Balaban J connectivity index is 2.86. The highest BCUT2D eigenvalue weighted by Crippen LogP contribution is 2.29. The molecule has 1 heterocycles. The molecule has 1 fully saturated rings. The molecular formula is C63H120N2O14P+. The van der Waals surface area contributed by atoms with Gasteiger partial charge in [0.05, 0.1) is 13.2 Å². The molecular weight excluding hydrogens is 1040 g/mol. The van der Waals surface area contributed by atoms with Gasteiger partial charge in [0.25, 0.3) is 5.91 Å². The van der Waals surface area contributed by atoms with Crippen molar-refractivity contribution >= 4 is 32.0 Å². The van der Waals surface area contributed by atoms with Crippen LogP contribution in [0.1, 0.15) is 298 Å². The molecule has 2 amide bonds. The van der Waals surface area contributed by atoms with Gasteiger partial charge in [0.1, 0.15) is 37.6 Å². The number of hydrogen-bond donors (Lipinski definition) is 5. The van der Waals surface area contributed by atoms with E-state index >= 15 is 0 Å². The van der Waals surface area contributed by atoms with E-state index in [0.717, 1.165) is 63.7 Å². The Hall–Kier alpha value is -2.30. The summed E-state index contributed by atoms with van der Waals surface area (Å²) >= 11 is 0. The molecule has 1 aliphatic heterocycles. The molecule has 0 saturated carbocycles. The lowest BCUT2D eigenvalue weighted by atomic mass is 9.97. The van der Waals surface area contributed by atoms with Crippen LogP contribution in [0.4, 0.5) is 0 Å². The van der Waals surface area contributed by atoms with Crippen molar-refractivity contribution in [3.63, 3.8) is 0 Å². The molecule has 8 atom stereocenters. The van der Waals surface area contributed by atoms with Crippen LogP contribution < -0.4 is 10.6 Å². The number of unbranched alkanes of at least 4 members (excludes halogenated alkanes) is 35. The Bertz CT molecular complexity index is 1510. The standard InChI is InChI=1S/C63H119N2O14P/c1-6-8-10-12-14-16-18-20-25-29-33-37-41-45-57(68)74-49-54(77-58(69)46-42-38-34-30-26-21-19-17-15-13-11-9-7-2)50-76-80(73)79-56(51-75-63-59(65-53(5)67)61(71)60(70)55(48-66)78-63)62(72)64-47-43-39-35-31-27-23-22-24-28-32-36-40-44-52(3)4/h52,54-56,59-61,63,66,70-71H,6-51H2,1-5H3,(H-,64,65,67,72)/p+1/t54-,55-,56-,59-,60-,61-,63+/m1/s1. The molecule has 470 valence electrons. The molecule has 0 aromatic heterocycles. The van der Waals surface area contributed by atoms with Gasteiger partial charge in [-0.15, -0.1) is 9.05 Å². The van der Waals surface area contributed by atoms with Gasteiger partial charge in [0.2, 0.25) is 12.0 Å². The number of aliphatic hydroxyl groups excluding tert-OH is 3. The fourth-order valence-corrected chi connectivity index (χ4v) is 10.9. The van der Waals surface area contributed by atoms with Gasteiger partial charge in [0, 0.05) is 30.9 Å². The first-order valence-electron chi connectivity index (χ1n) is 32.7. The molecule has 1 unspecified atom stereocenters. The zero-order valence-corrected chi connectivity index (χ0v) is 52.3. The van der Waals surface area contributed by atoms with Crippen LogP contribution in [0.15, 0.2) is 0 Å². The monoisotopic (exact) mass is 1160 g/mol. The third-order valence-corrected chi connectivity index (χ3v) is 16.0. The van der Waals surface area contributed by atoms with Crippen LogP contribution in [0.25, 0.3) is 0 Å². The first kappa shape index (κ1) is 75.7. The van der Waals surface area contributed by atoms with Crippen LogP contribution in [-0.2, 0) is 51.7 Å². The third-order valence-electron chi connectivity index (χ3n) is 15.2. The second-order valence-electron chi connectivity index (χ2n) is 23.4. The SMILES string of the molecule is CCCCCCCCCCCCCCCC(=O)OC[C@H](CO[P+](=O)O[C@H](CO[C@H]1O[C@H](CO)[C@@H](O)[C@H](O)[C@H]1NC(C)=O)C(=O)NCCCCCCCCCCCCCCC(C)C)OC(=O)CCCCCCCCCCCCCCC. The van der Waals surface area contributed by atoms with E-state index in [9.17, 15) is 39.1 Å². The lowest BCUT2D eigenvalue weighted by Gasteiger charge is -2.42. The van der Waals surface area contributed by atoms with E-state index in [0.29, 0.717) is 25.8 Å². The van der Waals surface area contributed by atoms with Crippen LogP contribution in [-0.4, -0.2) is 115 Å². The van der Waals surface area contributed by atoms with Crippen molar-refractivity contribution in [2.45, 2.75) is 341 Å². The number of rotatable bonds is 57. The minimum absolute atomic E-state index is 0.161. The minimum atomic E-state index is -3.07. The number of esters is 2. The van der Waals surface area contributed by atoms with Crippen LogP contribution in [0, 0.1) is 5.92 Å². The predicted octanol–water partition coefficient (Wildman–Crippen LogP) is 14.3. The van der Waals surface area contributed by atoms with Gasteiger partial charge < -0.3 is 44.9 Å². The van der Waals surface area contributed by atoms with Crippen LogP contribution in [0.3, 0.4) is 0 Å². The molecule has 5 N–H and O–H groups in total. The molecule has 0 radical (unpaired) electrons. The molecule has 0 aliphatic carbocycles. The summed E-state index contributed by atoms with van der Waals surface area (Å²) in [5, 5.41) is 36.5. The van der Waals surface area contributed by atoms with Crippen molar-refractivity contribution < 1.29 is 67.1 Å². The lowest BCUT2D eigenvalue weighted by Crippen LogP contribution is -2.64. The van der Waals surface area contributed by atoms with E-state index in [-0.39, 0.29) is 19.4 Å². The number of carbonyl (C=O) groups is 4. The second-order valence-corrected chi connectivity index (χ2v) is 24.3. The van der Waals surface area contributed by atoms with Gasteiger partial charge >= 0.3 is 20.2 Å². The number of ether oxygens (including phenoxy) is 4. The van der Waals surface area contributed by atoms with Crippen LogP contribution in [0.5, 0.6) is 0 Å². The molecule has 1 saturated heterocycles. The quantitative estimate of drug-likeness (QED) is 0.0217. The Morgan fingerprint density at radius 2 is 0.975 bits per heavy atom. The predicted molar refractivity (Wildman–Crippen MR) is 319 cm³/mol. The smallest absolute Gasteiger partial charge is 0.462 e. The van der Waals surface area contributed by atoms with E-state index < -0.39 is 94.7 Å². The Kier molecular flexibility index (Phi) is 50.6. The Morgan fingerprint density at radius 1 is 0.550 bits per heavy atom. The first-order chi connectivity index (χ1) is 38.8. The summed E-state index contributed by atoms with van der Waals surface area (Å²) in [7, 11) is -3.07. The topological polar surface area (TPSA) is 225 Å². The maximum atomic E-state index is 13.7. The van der Waals surface area contributed by atoms with Crippen molar-refractivity contribution in [3.8, 4) is 0 Å². The number of carbonyl (C=O) groups excluding carboxylic acids is 4. The van der Waals surface area contributed by atoms with Gasteiger partial charge in [-0.3, -0.25) is 19.2 Å². The van der Waals surface area contributed by atoms with E-state index in [1.807, 2.05) is 0 Å². The van der Waals surface area contributed by atoms with E-state index in [1.165, 1.54) is 180 Å². The van der Waals surface area contributed by atoms with Crippen molar-refractivity contribution in [2.75, 3.05) is 33.0 Å². The first-order valence-corrected chi connectivity index (χ1v) is 33.8. The maximum Gasteiger partial charge on any atom is 0.698 e. The fraction of sp³-hybridized carbons (Fsp3) is 0.937. The number of amides is 2. The van der Waals surface area contributed by atoms with Gasteiger partial charge in [-0.25, -0.2) is 0 Å². The van der Waals surface area contributed by atoms with Crippen LogP contribution >= 0.6 is 8.25 Å². The molecule has 0 spiro atoms. The second kappa shape index (κ2) is 53.4. The van der Waals surface area contributed by atoms with Crippen molar-refractivity contribution in [1.29, 1.82) is 0 Å². The molecule has 17 heteroatoms. The normalized spacial score (nSPS) is 18.3. The van der Waals surface area contributed by atoms with Gasteiger partial charge in [-0.1, -0.05) is 259 Å². The maximum absolute atomic E-state index is 13.7. The summed E-state index contributed by atoms with van der Waals surface area (Å²) in [6, 6.07) is -1.29. The zero-order valence-electron chi connectivity index (χ0n) is 51.4. The Labute approximate surface area is 487 Å². The number of aliphatic hydroxyl groups is 3. The molecule has 1 rings (SSSR count). The summed E-state index contributed by atoms with van der Waals surface area (Å²) in [6.07, 6.45) is 37.7. The fourth-order valence-electron chi connectivity index (χ4n) is 10.2. The Morgan fingerprint density at radius 3 is 1.41 bits per heavy atom. The number of hydrogen-bond acceptors (Lipinski definition) is 14. The molecule has 0 bridgehead atoms. The highest BCUT2D eigenvalue weighted by molar-refractivity contribution is 7.33. The summed E-state index contributed by atoms with van der Waals surface area (Å²) in [4.78, 5) is 51.8. The molecule has 16 nitrogen and oxygen atoms in total. The summed E-state index contributed by atoms with van der Waals surface area (Å²) in [5.74, 6) is -1.38. The van der Waals surface area contributed by atoms with Crippen molar-refractivity contribution in [2.24, 2.45) is 5.92 Å². The van der Waals surface area contributed by atoms with Crippen molar-refractivity contribution in [1.82, 2.24) is 10.6 Å². The van der Waals surface area contributed by atoms with Gasteiger partial charge in [0.15, 0.2) is 12.4 Å². The lowest BCUT2D eigenvalue weighted by molar-refractivity contribution is -0.273. The van der Waals surface area contributed by atoms with Crippen LogP contribution in [0.2, 0.25) is 0 Å². The molecule has 0 aromatic carbocycles. The average molecular weight is 1160 g/mol. The van der Waals surface area contributed by atoms with Crippen molar-refractivity contribution in [3.05, 3.63) is 0 Å². The van der Waals surface area contributed by atoms with E-state index in [2.05, 4.69) is 38.3 Å². The van der Waals surface area contributed by atoms with Gasteiger partial charge in [-0.05, 0) is 25.2 Å². The summed E-state index contributed by atoms with van der Waals surface area (Å²) in [5.41, 5.74) is 0. The third kappa shape index (κ3) is 43.4. The zero-order chi connectivity index (χ0) is 58.7. The minimum Gasteiger partial charge on any atom is -0.462 e. The van der Waals surface area contributed by atoms with E-state index in [4.69, 9.17) is 28.0 Å². The van der Waals surface area contributed by atoms with Gasteiger partial charge in [-0.2, -0.15) is 0 Å². The highest BCUT2D eigenvalue weighted by Gasteiger charge is 2.46. The highest BCUT2D eigenvalue weighted by atomic mass is 31.1. The molecule has 80 heavy (non-hydrogen) atoms. The summed E-state index contributed by atoms with van der Waals surface area (Å²) < 4.78 is 47.7.